The molecule has 2 rings (SSSR count). The summed E-state index contributed by atoms with van der Waals surface area (Å²) in [5.74, 6) is -0.604. The van der Waals surface area contributed by atoms with Crippen molar-refractivity contribution in [1.29, 1.82) is 0 Å². The van der Waals surface area contributed by atoms with Gasteiger partial charge in [-0.3, -0.25) is 4.68 Å². The Balaban J connectivity index is 2.16. The number of nitrogens with zero attached hydrogens (tertiary/aromatic N) is 2. The zero-order chi connectivity index (χ0) is 13.2. The van der Waals surface area contributed by atoms with E-state index in [4.69, 9.17) is 0 Å². The second kappa shape index (κ2) is 4.89. The van der Waals surface area contributed by atoms with E-state index in [0.29, 0.717) is 6.42 Å². The van der Waals surface area contributed by atoms with E-state index in [-0.39, 0.29) is 10.6 Å². The minimum Gasteiger partial charge on any atom is -0.273 e. The van der Waals surface area contributed by atoms with Crippen molar-refractivity contribution in [2.45, 2.75) is 11.3 Å². The minimum atomic E-state index is -3.46. The van der Waals surface area contributed by atoms with Crippen LogP contribution in [0, 0.1) is 5.82 Å². The Morgan fingerprint density at radius 1 is 1.33 bits per heavy atom. The fraction of sp³-hybridized carbons (Fsp3) is 0.250. The molecule has 0 bridgehead atoms. The molecule has 2 aromatic rings. The molecule has 96 valence electrons. The molecule has 4 nitrogen and oxygen atoms in total. The molecule has 0 spiro atoms. The summed E-state index contributed by atoms with van der Waals surface area (Å²) in [6.45, 7) is 0. The molecule has 0 saturated carbocycles. The normalized spacial score (nSPS) is 11.7. The summed E-state index contributed by atoms with van der Waals surface area (Å²) < 4.78 is 38.6. The first kappa shape index (κ1) is 12.8. The summed E-state index contributed by atoms with van der Waals surface area (Å²) in [5, 5.41) is 3.97. The van der Waals surface area contributed by atoms with Gasteiger partial charge in [-0.25, -0.2) is 12.8 Å². The number of sulfone groups is 1. The third kappa shape index (κ3) is 2.76. The molecule has 0 atom stereocenters. The monoisotopic (exact) mass is 268 g/mol. The molecule has 0 aliphatic carbocycles. The van der Waals surface area contributed by atoms with Crippen LogP contribution in [-0.2, 0) is 23.3 Å². The fourth-order valence-electron chi connectivity index (χ4n) is 1.66. The van der Waals surface area contributed by atoms with Crippen LogP contribution in [0.15, 0.2) is 41.4 Å². The van der Waals surface area contributed by atoms with Gasteiger partial charge in [0.05, 0.1) is 10.6 Å². The number of aromatic nitrogens is 2. The molecule has 0 saturated heterocycles. The number of aryl methyl sites for hydroxylation is 2. The zero-order valence-electron chi connectivity index (χ0n) is 9.88. The molecule has 18 heavy (non-hydrogen) atoms. The van der Waals surface area contributed by atoms with E-state index in [1.54, 1.807) is 24.0 Å². The summed E-state index contributed by atoms with van der Waals surface area (Å²) in [7, 11) is -1.70. The standard InChI is InChI=1S/C12H13FN2O2S/c1-15-11(5-7-14-15)6-8-18(16,17)12-4-2-3-10(13)9-12/h2-5,7,9H,6,8H2,1H3. The maximum Gasteiger partial charge on any atom is 0.178 e. The SMILES string of the molecule is Cn1nccc1CCS(=O)(=O)c1cccc(F)c1. The maximum absolute atomic E-state index is 13.0. The molecule has 6 heteroatoms. The van der Waals surface area contributed by atoms with E-state index in [1.807, 2.05) is 0 Å². The number of hydrogen-bond donors (Lipinski definition) is 0. The van der Waals surface area contributed by atoms with Crippen molar-refractivity contribution in [3.8, 4) is 0 Å². The smallest absolute Gasteiger partial charge is 0.178 e. The Kier molecular flexibility index (Phi) is 3.47. The molecular formula is C12H13FN2O2S. The highest BCUT2D eigenvalue weighted by molar-refractivity contribution is 7.91. The summed E-state index contributed by atoms with van der Waals surface area (Å²) in [4.78, 5) is 0.0182. The summed E-state index contributed by atoms with van der Waals surface area (Å²) in [6, 6.07) is 6.83. The number of benzene rings is 1. The molecule has 0 fully saturated rings. The van der Waals surface area contributed by atoms with Crippen molar-refractivity contribution < 1.29 is 12.8 Å². The number of hydrogen-bond acceptors (Lipinski definition) is 3. The minimum absolute atomic E-state index is 0.0182. The molecule has 0 N–H and O–H groups in total. The average Bonchev–Trinajstić information content (AvgIpc) is 2.72. The van der Waals surface area contributed by atoms with Crippen molar-refractivity contribution in [3.63, 3.8) is 0 Å². The number of halogens is 1. The highest BCUT2D eigenvalue weighted by atomic mass is 32.2. The summed E-state index contributed by atoms with van der Waals surface area (Å²) in [6.07, 6.45) is 1.97. The van der Waals surface area contributed by atoms with Gasteiger partial charge in [-0.1, -0.05) is 6.07 Å². The highest BCUT2D eigenvalue weighted by Crippen LogP contribution is 2.14. The average molecular weight is 268 g/mol. The highest BCUT2D eigenvalue weighted by Gasteiger charge is 2.15. The van der Waals surface area contributed by atoms with E-state index >= 15 is 0 Å². The Labute approximate surface area is 105 Å². The van der Waals surface area contributed by atoms with E-state index in [0.717, 1.165) is 11.8 Å². The van der Waals surface area contributed by atoms with Gasteiger partial charge in [-0.15, -0.1) is 0 Å². The second-order valence-corrected chi connectivity index (χ2v) is 6.08. The van der Waals surface area contributed by atoms with Crippen LogP contribution in [0.3, 0.4) is 0 Å². The van der Waals surface area contributed by atoms with E-state index in [1.165, 1.54) is 18.2 Å². The van der Waals surface area contributed by atoms with Gasteiger partial charge in [0, 0.05) is 25.4 Å². The maximum atomic E-state index is 13.0. The quantitative estimate of drug-likeness (QED) is 0.846. The van der Waals surface area contributed by atoms with Gasteiger partial charge in [0.15, 0.2) is 9.84 Å². The van der Waals surface area contributed by atoms with Crippen molar-refractivity contribution in [1.82, 2.24) is 9.78 Å². The first-order chi connectivity index (χ1) is 8.49. The van der Waals surface area contributed by atoms with Gasteiger partial charge in [-0.05, 0) is 24.3 Å². The Morgan fingerprint density at radius 3 is 2.72 bits per heavy atom. The van der Waals surface area contributed by atoms with E-state index in [2.05, 4.69) is 5.10 Å². The molecule has 0 amide bonds. The molecule has 1 heterocycles. The van der Waals surface area contributed by atoms with Crippen molar-refractivity contribution >= 4 is 9.84 Å². The second-order valence-electron chi connectivity index (χ2n) is 3.97. The predicted molar refractivity (Wildman–Crippen MR) is 65.4 cm³/mol. The van der Waals surface area contributed by atoms with Crippen LogP contribution in [0.5, 0.6) is 0 Å². The van der Waals surface area contributed by atoms with Crippen LogP contribution in [0.1, 0.15) is 5.69 Å². The van der Waals surface area contributed by atoms with Gasteiger partial charge >= 0.3 is 0 Å². The first-order valence-corrected chi connectivity index (χ1v) is 7.09. The molecule has 0 unspecified atom stereocenters. The molecular weight excluding hydrogens is 255 g/mol. The largest absolute Gasteiger partial charge is 0.273 e. The Bertz CT molecular complexity index is 650. The Morgan fingerprint density at radius 2 is 2.11 bits per heavy atom. The molecule has 0 radical (unpaired) electrons. The Hall–Kier alpha value is -1.69. The topological polar surface area (TPSA) is 52.0 Å². The van der Waals surface area contributed by atoms with Gasteiger partial charge in [0.2, 0.25) is 0 Å². The van der Waals surface area contributed by atoms with Gasteiger partial charge in [0.25, 0.3) is 0 Å². The molecule has 1 aromatic heterocycles. The number of rotatable bonds is 4. The van der Waals surface area contributed by atoms with Crippen LogP contribution in [-0.4, -0.2) is 24.0 Å². The molecule has 1 aromatic carbocycles. The van der Waals surface area contributed by atoms with Crippen LogP contribution in [0.25, 0.3) is 0 Å². The van der Waals surface area contributed by atoms with Crippen LogP contribution >= 0.6 is 0 Å². The van der Waals surface area contributed by atoms with Crippen molar-refractivity contribution in [2.24, 2.45) is 7.05 Å². The van der Waals surface area contributed by atoms with Crippen molar-refractivity contribution in [2.75, 3.05) is 5.75 Å². The lowest BCUT2D eigenvalue weighted by atomic mass is 10.3. The first-order valence-electron chi connectivity index (χ1n) is 5.44. The lowest BCUT2D eigenvalue weighted by molar-refractivity contribution is 0.588. The van der Waals surface area contributed by atoms with Crippen LogP contribution in [0.4, 0.5) is 4.39 Å². The molecule has 0 aliphatic rings. The lowest BCUT2D eigenvalue weighted by Gasteiger charge is -2.05. The lowest BCUT2D eigenvalue weighted by Crippen LogP contribution is -2.11. The summed E-state index contributed by atoms with van der Waals surface area (Å²) >= 11 is 0. The zero-order valence-corrected chi connectivity index (χ0v) is 10.7. The van der Waals surface area contributed by atoms with E-state index in [9.17, 15) is 12.8 Å². The summed E-state index contributed by atoms with van der Waals surface area (Å²) in [5.41, 5.74) is 0.829. The fourth-order valence-corrected chi connectivity index (χ4v) is 2.96. The van der Waals surface area contributed by atoms with E-state index < -0.39 is 15.7 Å². The van der Waals surface area contributed by atoms with Gasteiger partial charge in [-0.2, -0.15) is 5.10 Å². The third-order valence-corrected chi connectivity index (χ3v) is 4.42. The predicted octanol–water partition coefficient (Wildman–Crippen LogP) is 1.58. The third-order valence-electron chi connectivity index (χ3n) is 2.70. The van der Waals surface area contributed by atoms with Crippen LogP contribution in [0.2, 0.25) is 0 Å². The van der Waals surface area contributed by atoms with Crippen LogP contribution < -0.4 is 0 Å². The molecule has 0 aliphatic heterocycles. The van der Waals surface area contributed by atoms with Gasteiger partial charge < -0.3 is 0 Å². The van der Waals surface area contributed by atoms with Crippen molar-refractivity contribution in [3.05, 3.63) is 48.0 Å². The van der Waals surface area contributed by atoms with Gasteiger partial charge in [0.1, 0.15) is 5.82 Å².